The normalized spacial score (nSPS) is 51.0. The quantitative estimate of drug-likeness (QED) is 0.689. The van der Waals surface area contributed by atoms with E-state index >= 15 is 0 Å². The molecule has 4 aliphatic rings. The number of carbonyl (C=O) groups excluding carboxylic acids is 2. The van der Waals surface area contributed by atoms with Crippen molar-refractivity contribution in [3.63, 3.8) is 0 Å². The van der Waals surface area contributed by atoms with Crippen molar-refractivity contribution >= 4 is 11.9 Å². The lowest BCUT2D eigenvalue weighted by Crippen LogP contribution is -2.59. The lowest BCUT2D eigenvalue weighted by Gasteiger charge is -2.57. The van der Waals surface area contributed by atoms with E-state index in [1.54, 1.807) is 0 Å². The molecule has 22 heavy (non-hydrogen) atoms. The summed E-state index contributed by atoms with van der Waals surface area (Å²) in [5.41, 5.74) is -0.186. The molecule has 5 nitrogen and oxygen atoms in total. The van der Waals surface area contributed by atoms with Crippen LogP contribution in [0.25, 0.3) is 0 Å². The lowest BCUT2D eigenvalue weighted by molar-refractivity contribution is -0.189. The fourth-order valence-corrected chi connectivity index (χ4v) is 5.90. The molecule has 4 fully saturated rings. The Bertz CT molecular complexity index is 491. The van der Waals surface area contributed by atoms with Crippen molar-refractivity contribution in [1.29, 1.82) is 0 Å². The number of hydrogen-bond donors (Lipinski definition) is 1. The van der Waals surface area contributed by atoms with Gasteiger partial charge in [0.05, 0.1) is 18.6 Å². The Morgan fingerprint density at radius 3 is 2.82 bits per heavy atom. The number of aliphatic hydroxyl groups excluding tert-OH is 1. The molecule has 0 aromatic heterocycles. The van der Waals surface area contributed by atoms with Crippen molar-refractivity contribution in [3.8, 4) is 0 Å². The Labute approximate surface area is 130 Å². The molecule has 5 heteroatoms. The maximum Gasteiger partial charge on any atom is 0.309 e. The van der Waals surface area contributed by atoms with Gasteiger partial charge in [0.15, 0.2) is 0 Å². The molecular weight excluding hydrogens is 284 g/mol. The monoisotopic (exact) mass is 308 g/mol. The molecule has 2 aliphatic heterocycles. The molecule has 122 valence electrons. The molecular formula is C17H24O5. The van der Waals surface area contributed by atoms with Gasteiger partial charge in [0, 0.05) is 17.8 Å². The Morgan fingerprint density at radius 2 is 2.09 bits per heavy atom. The van der Waals surface area contributed by atoms with Crippen LogP contribution in [0.1, 0.15) is 45.4 Å². The van der Waals surface area contributed by atoms with Gasteiger partial charge >= 0.3 is 11.9 Å². The van der Waals surface area contributed by atoms with Crippen molar-refractivity contribution in [2.24, 2.45) is 29.1 Å². The van der Waals surface area contributed by atoms with E-state index in [-0.39, 0.29) is 47.3 Å². The van der Waals surface area contributed by atoms with E-state index in [2.05, 4.69) is 0 Å². The summed E-state index contributed by atoms with van der Waals surface area (Å²) in [5, 5.41) is 10.5. The minimum absolute atomic E-state index is 0.117. The van der Waals surface area contributed by atoms with Gasteiger partial charge in [0.1, 0.15) is 6.10 Å². The van der Waals surface area contributed by atoms with E-state index in [0.29, 0.717) is 18.9 Å². The van der Waals surface area contributed by atoms with Crippen LogP contribution in [-0.4, -0.2) is 35.9 Å². The summed E-state index contributed by atoms with van der Waals surface area (Å²) in [6, 6.07) is 0. The number of hydrogen-bond acceptors (Lipinski definition) is 5. The molecule has 0 aromatic rings. The second kappa shape index (κ2) is 4.95. The van der Waals surface area contributed by atoms with Gasteiger partial charge in [0.2, 0.25) is 0 Å². The summed E-state index contributed by atoms with van der Waals surface area (Å²) in [4.78, 5) is 23.7. The number of esters is 2. The first-order valence-electron chi connectivity index (χ1n) is 8.57. The predicted molar refractivity (Wildman–Crippen MR) is 76.6 cm³/mol. The van der Waals surface area contributed by atoms with Crippen molar-refractivity contribution in [3.05, 3.63) is 0 Å². The molecule has 2 saturated heterocycles. The summed E-state index contributed by atoms with van der Waals surface area (Å²) >= 11 is 0. The molecule has 1 spiro atoms. The van der Waals surface area contributed by atoms with Gasteiger partial charge in [-0.2, -0.15) is 0 Å². The summed E-state index contributed by atoms with van der Waals surface area (Å²) in [6.45, 7) is 2.34. The average Bonchev–Trinajstić information content (AvgIpc) is 2.79. The molecule has 0 aromatic carbocycles. The molecule has 2 heterocycles. The van der Waals surface area contributed by atoms with E-state index in [0.717, 1.165) is 32.1 Å². The average molecular weight is 308 g/mol. The molecule has 0 unspecified atom stereocenters. The fourth-order valence-electron chi connectivity index (χ4n) is 5.90. The van der Waals surface area contributed by atoms with E-state index in [4.69, 9.17) is 9.47 Å². The zero-order chi connectivity index (χ0) is 15.5. The van der Waals surface area contributed by atoms with Crippen LogP contribution in [0.15, 0.2) is 0 Å². The van der Waals surface area contributed by atoms with E-state index < -0.39 is 0 Å². The Hall–Kier alpha value is -1.10. The fraction of sp³-hybridized carbons (Fsp3) is 0.882. The van der Waals surface area contributed by atoms with Crippen molar-refractivity contribution in [2.75, 3.05) is 6.61 Å². The standard InChI is InChI=1S/C17H24O5/c1-9-15-13(22-16(9)20)7-10-11(3-2-4-12(10)18)17(15)6-5-14(19)21-8-17/h9-13,15,18H,2-8H2,1H3/t9-,10-,11+,12+,13-,15-,17+/m1/s1. The second-order valence-electron chi connectivity index (χ2n) is 7.69. The molecule has 2 aliphatic carbocycles. The van der Waals surface area contributed by atoms with Crippen molar-refractivity contribution < 1.29 is 24.2 Å². The molecule has 1 N–H and O–H groups in total. The van der Waals surface area contributed by atoms with Gasteiger partial charge in [-0.25, -0.2) is 0 Å². The zero-order valence-electron chi connectivity index (χ0n) is 13.0. The first kappa shape index (κ1) is 14.5. The van der Waals surface area contributed by atoms with Gasteiger partial charge < -0.3 is 14.6 Å². The minimum Gasteiger partial charge on any atom is -0.465 e. The van der Waals surface area contributed by atoms with E-state index in [9.17, 15) is 14.7 Å². The number of fused-ring (bicyclic) bond motifs is 4. The molecule has 0 bridgehead atoms. The number of aliphatic hydroxyl groups is 1. The minimum atomic E-state index is -0.316. The van der Waals surface area contributed by atoms with Crippen molar-refractivity contribution in [2.45, 2.75) is 57.7 Å². The predicted octanol–water partition coefficient (Wildman–Crippen LogP) is 1.67. The maximum absolute atomic E-state index is 12.1. The molecule has 7 atom stereocenters. The maximum atomic E-state index is 12.1. The highest BCUT2D eigenvalue weighted by Crippen LogP contribution is 2.61. The third-order valence-electron chi connectivity index (χ3n) is 6.81. The number of ether oxygens (including phenoxy) is 2. The number of rotatable bonds is 0. The van der Waals surface area contributed by atoms with E-state index in [1.807, 2.05) is 6.92 Å². The SMILES string of the molecule is C[C@H]1C(=O)O[C@@H]2C[C@H]3[C@@H](O)CCC[C@@H]3[C@@]3(CCC(=O)OC3)[C@@H]21. The molecule has 2 saturated carbocycles. The summed E-state index contributed by atoms with van der Waals surface area (Å²) < 4.78 is 11.1. The largest absolute Gasteiger partial charge is 0.465 e. The van der Waals surface area contributed by atoms with Crippen LogP contribution in [-0.2, 0) is 19.1 Å². The van der Waals surface area contributed by atoms with Crippen LogP contribution in [0, 0.1) is 29.1 Å². The number of cyclic esters (lactones) is 1. The molecule has 4 rings (SSSR count). The van der Waals surface area contributed by atoms with Crippen LogP contribution in [0.5, 0.6) is 0 Å². The van der Waals surface area contributed by atoms with Gasteiger partial charge in [-0.1, -0.05) is 13.3 Å². The Morgan fingerprint density at radius 1 is 1.27 bits per heavy atom. The van der Waals surface area contributed by atoms with Crippen LogP contribution in [0.4, 0.5) is 0 Å². The lowest BCUT2D eigenvalue weighted by atomic mass is 9.48. The highest BCUT2D eigenvalue weighted by atomic mass is 16.6. The highest BCUT2D eigenvalue weighted by Gasteiger charge is 2.64. The molecule has 0 radical (unpaired) electrons. The van der Waals surface area contributed by atoms with Crippen molar-refractivity contribution in [1.82, 2.24) is 0 Å². The van der Waals surface area contributed by atoms with Crippen LogP contribution >= 0.6 is 0 Å². The first-order valence-corrected chi connectivity index (χ1v) is 8.57. The van der Waals surface area contributed by atoms with E-state index in [1.165, 1.54) is 0 Å². The van der Waals surface area contributed by atoms with Gasteiger partial charge in [-0.05, 0) is 37.5 Å². The van der Waals surface area contributed by atoms with Crippen LogP contribution in [0.3, 0.4) is 0 Å². The van der Waals surface area contributed by atoms with Crippen LogP contribution < -0.4 is 0 Å². The van der Waals surface area contributed by atoms with Gasteiger partial charge in [0.25, 0.3) is 0 Å². The Kier molecular flexibility index (Phi) is 3.26. The first-order chi connectivity index (χ1) is 10.5. The Balaban J connectivity index is 1.75. The highest BCUT2D eigenvalue weighted by molar-refractivity contribution is 5.75. The van der Waals surface area contributed by atoms with Gasteiger partial charge in [-0.15, -0.1) is 0 Å². The third-order valence-corrected chi connectivity index (χ3v) is 6.81. The third kappa shape index (κ3) is 1.87. The molecule has 0 amide bonds. The second-order valence-corrected chi connectivity index (χ2v) is 7.69. The summed E-state index contributed by atoms with van der Waals surface area (Å²) in [5.74, 6) is 0.229. The summed E-state index contributed by atoms with van der Waals surface area (Å²) in [6.07, 6.45) is 4.42. The number of carbonyl (C=O) groups is 2. The zero-order valence-corrected chi connectivity index (χ0v) is 13.0. The topological polar surface area (TPSA) is 72.8 Å². The van der Waals surface area contributed by atoms with Gasteiger partial charge in [-0.3, -0.25) is 9.59 Å². The van der Waals surface area contributed by atoms with Crippen LogP contribution in [0.2, 0.25) is 0 Å². The smallest absolute Gasteiger partial charge is 0.309 e. The summed E-state index contributed by atoms with van der Waals surface area (Å²) in [7, 11) is 0.